The molecule has 0 amide bonds. The summed E-state index contributed by atoms with van der Waals surface area (Å²) in [5.74, 6) is 0.498. The quantitative estimate of drug-likeness (QED) is 0.678. The first-order valence-electron chi connectivity index (χ1n) is 3.73. The highest BCUT2D eigenvalue weighted by molar-refractivity contribution is 7.12. The van der Waals surface area contributed by atoms with Gasteiger partial charge in [-0.3, -0.25) is 0 Å². The third kappa shape index (κ3) is 1.50. The molecule has 13 heavy (non-hydrogen) atoms. The van der Waals surface area contributed by atoms with E-state index in [1.807, 2.05) is 17.5 Å². The number of rotatable bonds is 1. The molecule has 4 nitrogen and oxygen atoms in total. The van der Waals surface area contributed by atoms with Gasteiger partial charge in [-0.25, -0.2) is 14.3 Å². The molecule has 0 saturated carbocycles. The SMILES string of the molecule is Cc1ncn(-c2cccs2)c(=O)n1. The van der Waals surface area contributed by atoms with E-state index in [0.29, 0.717) is 5.82 Å². The van der Waals surface area contributed by atoms with E-state index in [9.17, 15) is 4.79 Å². The van der Waals surface area contributed by atoms with Crippen LogP contribution in [0.15, 0.2) is 28.6 Å². The highest BCUT2D eigenvalue weighted by atomic mass is 32.1. The van der Waals surface area contributed by atoms with Crippen molar-refractivity contribution in [2.24, 2.45) is 0 Å². The largest absolute Gasteiger partial charge is 0.355 e. The van der Waals surface area contributed by atoms with Crippen LogP contribution in [0.1, 0.15) is 5.82 Å². The molecular formula is C8H7N3OS. The van der Waals surface area contributed by atoms with Crippen LogP contribution in [0.4, 0.5) is 0 Å². The van der Waals surface area contributed by atoms with Gasteiger partial charge in [-0.1, -0.05) is 0 Å². The van der Waals surface area contributed by atoms with Gasteiger partial charge in [-0.15, -0.1) is 11.3 Å². The van der Waals surface area contributed by atoms with Crippen molar-refractivity contribution >= 4 is 11.3 Å². The Morgan fingerprint density at radius 1 is 1.54 bits per heavy atom. The monoisotopic (exact) mass is 193 g/mol. The fraction of sp³-hybridized carbons (Fsp3) is 0.125. The Labute approximate surface area is 78.5 Å². The van der Waals surface area contributed by atoms with Gasteiger partial charge in [-0.2, -0.15) is 4.98 Å². The molecule has 0 fully saturated rings. The zero-order valence-corrected chi connectivity index (χ0v) is 7.78. The van der Waals surface area contributed by atoms with E-state index in [2.05, 4.69) is 9.97 Å². The van der Waals surface area contributed by atoms with Gasteiger partial charge >= 0.3 is 5.69 Å². The van der Waals surface area contributed by atoms with Crippen molar-refractivity contribution < 1.29 is 0 Å². The second-order valence-electron chi connectivity index (χ2n) is 2.51. The molecule has 0 atom stereocenters. The van der Waals surface area contributed by atoms with Gasteiger partial charge in [0.15, 0.2) is 0 Å². The minimum atomic E-state index is -0.282. The van der Waals surface area contributed by atoms with Crippen LogP contribution in [0.25, 0.3) is 5.00 Å². The molecular weight excluding hydrogens is 186 g/mol. The first kappa shape index (κ1) is 8.12. The lowest BCUT2D eigenvalue weighted by molar-refractivity contribution is 0.837. The van der Waals surface area contributed by atoms with E-state index in [0.717, 1.165) is 5.00 Å². The summed E-state index contributed by atoms with van der Waals surface area (Å²) in [7, 11) is 0. The van der Waals surface area contributed by atoms with Crippen molar-refractivity contribution in [2.75, 3.05) is 0 Å². The minimum Gasteiger partial charge on any atom is -0.245 e. The molecule has 2 aromatic rings. The lowest BCUT2D eigenvalue weighted by Gasteiger charge is -1.98. The standard InChI is InChI=1S/C8H7N3OS/c1-6-9-5-11(8(12)10-6)7-3-2-4-13-7/h2-5H,1H3. The Morgan fingerprint density at radius 2 is 2.38 bits per heavy atom. The molecule has 0 aliphatic rings. The molecule has 0 aliphatic heterocycles. The van der Waals surface area contributed by atoms with E-state index < -0.39 is 0 Å². The molecule has 0 N–H and O–H groups in total. The normalized spacial score (nSPS) is 10.2. The number of nitrogens with zero attached hydrogens (tertiary/aromatic N) is 3. The maximum absolute atomic E-state index is 11.4. The van der Waals surface area contributed by atoms with Crippen LogP contribution in [0.2, 0.25) is 0 Å². The fourth-order valence-corrected chi connectivity index (χ4v) is 1.66. The van der Waals surface area contributed by atoms with Gasteiger partial charge in [-0.05, 0) is 24.4 Å². The third-order valence-electron chi connectivity index (χ3n) is 1.57. The second kappa shape index (κ2) is 3.10. The second-order valence-corrected chi connectivity index (χ2v) is 3.43. The number of hydrogen-bond acceptors (Lipinski definition) is 4. The van der Waals surface area contributed by atoms with Crippen molar-refractivity contribution in [3.8, 4) is 5.00 Å². The van der Waals surface area contributed by atoms with Gasteiger partial charge in [0.05, 0.1) is 0 Å². The van der Waals surface area contributed by atoms with Gasteiger partial charge in [0.25, 0.3) is 0 Å². The Bertz CT molecular complexity index is 460. The Balaban J connectivity index is 2.60. The Kier molecular flexibility index (Phi) is 1.94. The summed E-state index contributed by atoms with van der Waals surface area (Å²) in [5, 5.41) is 2.74. The average Bonchev–Trinajstić information content (AvgIpc) is 2.56. The lowest BCUT2D eigenvalue weighted by atomic mass is 10.6. The molecule has 0 aliphatic carbocycles. The first-order chi connectivity index (χ1) is 6.27. The highest BCUT2D eigenvalue weighted by Gasteiger charge is 2.00. The van der Waals surface area contributed by atoms with E-state index in [-0.39, 0.29) is 5.69 Å². The molecule has 0 bridgehead atoms. The summed E-state index contributed by atoms with van der Waals surface area (Å²) in [6.07, 6.45) is 1.50. The predicted octanol–water partition coefficient (Wildman–Crippen LogP) is 0.997. The topological polar surface area (TPSA) is 47.8 Å². The van der Waals surface area contributed by atoms with Crippen LogP contribution in [0.5, 0.6) is 0 Å². The molecule has 2 aromatic heterocycles. The van der Waals surface area contributed by atoms with Gasteiger partial charge in [0.2, 0.25) is 0 Å². The van der Waals surface area contributed by atoms with Crippen molar-refractivity contribution in [3.63, 3.8) is 0 Å². The lowest BCUT2D eigenvalue weighted by Crippen LogP contribution is -2.21. The highest BCUT2D eigenvalue weighted by Crippen LogP contribution is 2.11. The van der Waals surface area contributed by atoms with E-state index in [4.69, 9.17) is 0 Å². The summed E-state index contributed by atoms with van der Waals surface area (Å²) in [5.41, 5.74) is -0.282. The number of thiophene rings is 1. The average molecular weight is 193 g/mol. The van der Waals surface area contributed by atoms with Crippen molar-refractivity contribution in [2.45, 2.75) is 6.92 Å². The van der Waals surface area contributed by atoms with E-state index in [1.54, 1.807) is 6.92 Å². The first-order valence-corrected chi connectivity index (χ1v) is 4.61. The molecule has 5 heteroatoms. The molecule has 0 unspecified atom stereocenters. The molecule has 66 valence electrons. The third-order valence-corrected chi connectivity index (χ3v) is 2.43. The summed E-state index contributed by atoms with van der Waals surface area (Å²) in [4.78, 5) is 19.0. The van der Waals surface area contributed by atoms with Crippen LogP contribution >= 0.6 is 11.3 Å². The van der Waals surface area contributed by atoms with Gasteiger partial charge in [0, 0.05) is 0 Å². The zero-order valence-electron chi connectivity index (χ0n) is 6.97. The molecule has 0 saturated heterocycles. The van der Waals surface area contributed by atoms with Crippen molar-refractivity contribution in [1.29, 1.82) is 0 Å². The molecule has 2 heterocycles. The fourth-order valence-electron chi connectivity index (χ4n) is 0.970. The maximum atomic E-state index is 11.4. The van der Waals surface area contributed by atoms with E-state index in [1.165, 1.54) is 22.2 Å². The Morgan fingerprint density at radius 3 is 3.00 bits per heavy atom. The van der Waals surface area contributed by atoms with Crippen LogP contribution in [0, 0.1) is 6.92 Å². The van der Waals surface area contributed by atoms with Gasteiger partial charge < -0.3 is 0 Å². The predicted molar refractivity (Wildman–Crippen MR) is 50.2 cm³/mol. The van der Waals surface area contributed by atoms with Crippen LogP contribution in [-0.2, 0) is 0 Å². The maximum Gasteiger partial charge on any atom is 0.355 e. The zero-order chi connectivity index (χ0) is 9.26. The summed E-state index contributed by atoms with van der Waals surface area (Å²) in [6.45, 7) is 1.69. The van der Waals surface area contributed by atoms with Crippen molar-refractivity contribution in [1.82, 2.24) is 14.5 Å². The van der Waals surface area contributed by atoms with Gasteiger partial charge in [0.1, 0.15) is 17.2 Å². The minimum absolute atomic E-state index is 0.282. The smallest absolute Gasteiger partial charge is 0.245 e. The summed E-state index contributed by atoms with van der Waals surface area (Å²) in [6, 6.07) is 3.73. The number of hydrogen-bond donors (Lipinski definition) is 0. The number of aromatic nitrogens is 3. The van der Waals surface area contributed by atoms with E-state index >= 15 is 0 Å². The van der Waals surface area contributed by atoms with Crippen LogP contribution < -0.4 is 5.69 Å². The Hall–Kier alpha value is -1.49. The van der Waals surface area contributed by atoms with Crippen LogP contribution in [-0.4, -0.2) is 14.5 Å². The summed E-state index contributed by atoms with van der Waals surface area (Å²) >= 11 is 1.48. The van der Waals surface area contributed by atoms with Crippen molar-refractivity contribution in [3.05, 3.63) is 40.1 Å². The molecule has 0 spiro atoms. The summed E-state index contributed by atoms with van der Waals surface area (Å²) < 4.78 is 1.43. The number of aryl methyl sites for hydroxylation is 1. The van der Waals surface area contributed by atoms with Crippen LogP contribution in [0.3, 0.4) is 0 Å². The molecule has 2 rings (SSSR count). The molecule has 0 radical (unpaired) electrons. The molecule has 0 aromatic carbocycles.